The van der Waals surface area contributed by atoms with Crippen LogP contribution in [0.1, 0.15) is 35.4 Å². The van der Waals surface area contributed by atoms with E-state index < -0.39 is 0 Å². The molecule has 1 heterocycles. The van der Waals surface area contributed by atoms with Crippen molar-refractivity contribution >= 4 is 23.4 Å². The molecule has 1 amide bonds. The summed E-state index contributed by atoms with van der Waals surface area (Å²) in [6.07, 6.45) is 4.39. The number of nitrogens with zero attached hydrogens (tertiary/aromatic N) is 2. The fourth-order valence-corrected chi connectivity index (χ4v) is 1.66. The topological polar surface area (TPSA) is 81.2 Å². The molecule has 0 bridgehead atoms. The van der Waals surface area contributed by atoms with Gasteiger partial charge in [-0.1, -0.05) is 10.9 Å². The number of methoxy groups -OCH3 is 1. The summed E-state index contributed by atoms with van der Waals surface area (Å²) in [5.74, 6) is -0.335. The lowest BCUT2D eigenvalue weighted by atomic mass is 10.2. The first-order valence-corrected chi connectivity index (χ1v) is 6.13. The van der Waals surface area contributed by atoms with E-state index in [2.05, 4.69) is 19.6 Å². The maximum atomic E-state index is 11.4. The zero-order valence-corrected chi connectivity index (χ0v) is 10.5. The zero-order valence-electron chi connectivity index (χ0n) is 9.64. The first-order chi connectivity index (χ1) is 8.24. The Morgan fingerprint density at radius 3 is 2.88 bits per heavy atom. The average molecular weight is 257 g/mol. The second-order valence-electron chi connectivity index (χ2n) is 3.42. The summed E-state index contributed by atoms with van der Waals surface area (Å²) in [6, 6.07) is 0. The van der Waals surface area contributed by atoms with Crippen molar-refractivity contribution in [2.24, 2.45) is 0 Å². The van der Waals surface area contributed by atoms with Crippen LogP contribution in [0.4, 0.5) is 0 Å². The Labute approximate surface area is 104 Å². The van der Waals surface area contributed by atoms with Gasteiger partial charge in [0, 0.05) is 13.0 Å². The Bertz CT molecular complexity index is 354. The fraction of sp³-hybridized carbons (Fsp3) is 0.600. The summed E-state index contributed by atoms with van der Waals surface area (Å²) in [4.78, 5) is 22.8. The maximum absolute atomic E-state index is 11.4. The van der Waals surface area contributed by atoms with Crippen LogP contribution in [0.3, 0.4) is 0 Å². The molecule has 0 unspecified atom stereocenters. The fourth-order valence-electron chi connectivity index (χ4n) is 1.23. The molecule has 1 N–H and O–H groups in total. The maximum Gasteiger partial charge on any atom is 0.305 e. The van der Waals surface area contributed by atoms with Gasteiger partial charge in [0.1, 0.15) is 4.88 Å². The molecule has 0 aliphatic heterocycles. The van der Waals surface area contributed by atoms with Gasteiger partial charge < -0.3 is 10.1 Å². The van der Waals surface area contributed by atoms with E-state index in [0.717, 1.165) is 30.8 Å². The van der Waals surface area contributed by atoms with Crippen LogP contribution in [-0.4, -0.2) is 35.1 Å². The van der Waals surface area contributed by atoms with E-state index in [-0.39, 0.29) is 11.9 Å². The molecule has 7 heteroatoms. The van der Waals surface area contributed by atoms with Gasteiger partial charge in [0.05, 0.1) is 13.3 Å². The predicted molar refractivity (Wildman–Crippen MR) is 62.7 cm³/mol. The molecule has 17 heavy (non-hydrogen) atoms. The average Bonchev–Trinajstić information content (AvgIpc) is 2.86. The summed E-state index contributed by atoms with van der Waals surface area (Å²) in [5.41, 5.74) is 0. The van der Waals surface area contributed by atoms with E-state index in [1.807, 2.05) is 0 Å². The summed E-state index contributed by atoms with van der Waals surface area (Å²) >= 11 is 1.07. The normalized spacial score (nSPS) is 9.94. The van der Waals surface area contributed by atoms with Crippen molar-refractivity contribution in [2.45, 2.75) is 25.7 Å². The second-order valence-corrected chi connectivity index (χ2v) is 4.21. The van der Waals surface area contributed by atoms with Crippen LogP contribution in [0.5, 0.6) is 0 Å². The molecule has 0 radical (unpaired) electrons. The molecule has 1 rings (SSSR count). The number of hydrogen-bond donors (Lipinski definition) is 1. The molecule has 1 aromatic heterocycles. The van der Waals surface area contributed by atoms with Gasteiger partial charge in [-0.05, 0) is 24.4 Å². The standard InChI is InChI=1S/C10H15N3O3S/c1-16-9(14)5-3-2-4-6-11-10(15)8-7-12-13-17-8/h7H,2-6H2,1H3,(H,11,15). The monoisotopic (exact) mass is 257 g/mol. The van der Waals surface area contributed by atoms with Gasteiger partial charge in [0.15, 0.2) is 0 Å². The van der Waals surface area contributed by atoms with E-state index in [1.165, 1.54) is 13.3 Å². The van der Waals surface area contributed by atoms with Crippen molar-refractivity contribution in [2.75, 3.05) is 13.7 Å². The quantitative estimate of drug-likeness (QED) is 0.582. The summed E-state index contributed by atoms with van der Waals surface area (Å²) in [5, 5.41) is 6.35. The zero-order chi connectivity index (χ0) is 12.5. The Kier molecular flexibility index (Phi) is 6.16. The van der Waals surface area contributed by atoms with Crippen LogP contribution < -0.4 is 5.32 Å². The third kappa shape index (κ3) is 5.39. The molecule has 0 saturated carbocycles. The van der Waals surface area contributed by atoms with Gasteiger partial charge >= 0.3 is 5.97 Å². The molecule has 0 fully saturated rings. The van der Waals surface area contributed by atoms with E-state index >= 15 is 0 Å². The highest BCUT2D eigenvalue weighted by Crippen LogP contribution is 2.02. The molecule has 0 spiro atoms. The number of nitrogens with one attached hydrogen (secondary N) is 1. The lowest BCUT2D eigenvalue weighted by Crippen LogP contribution is -2.23. The SMILES string of the molecule is COC(=O)CCCCCNC(=O)c1cnns1. The van der Waals surface area contributed by atoms with Crippen molar-refractivity contribution in [3.05, 3.63) is 11.1 Å². The third-order valence-corrected chi connectivity index (χ3v) is 2.82. The van der Waals surface area contributed by atoms with Gasteiger partial charge in [-0.15, -0.1) is 5.10 Å². The lowest BCUT2D eigenvalue weighted by molar-refractivity contribution is -0.140. The third-order valence-electron chi connectivity index (χ3n) is 2.16. The molecular weight excluding hydrogens is 242 g/mol. The number of aromatic nitrogens is 2. The largest absolute Gasteiger partial charge is 0.469 e. The highest BCUT2D eigenvalue weighted by molar-refractivity contribution is 7.07. The van der Waals surface area contributed by atoms with Crippen molar-refractivity contribution in [3.63, 3.8) is 0 Å². The van der Waals surface area contributed by atoms with Crippen LogP contribution in [-0.2, 0) is 9.53 Å². The van der Waals surface area contributed by atoms with Crippen LogP contribution in [0, 0.1) is 0 Å². The first kappa shape index (κ1) is 13.6. The van der Waals surface area contributed by atoms with Crippen molar-refractivity contribution in [1.29, 1.82) is 0 Å². The summed E-state index contributed by atoms with van der Waals surface area (Å²) in [6.45, 7) is 0.595. The number of carbonyl (C=O) groups excluding carboxylic acids is 2. The van der Waals surface area contributed by atoms with E-state index in [9.17, 15) is 9.59 Å². The second kappa shape index (κ2) is 7.72. The van der Waals surface area contributed by atoms with Crippen molar-refractivity contribution < 1.29 is 14.3 Å². The minimum atomic E-state index is -0.190. The van der Waals surface area contributed by atoms with Gasteiger partial charge in [0.25, 0.3) is 5.91 Å². The number of esters is 1. The number of ether oxygens (including phenoxy) is 1. The number of hydrogen-bond acceptors (Lipinski definition) is 6. The Balaban J connectivity index is 2.01. The number of amides is 1. The van der Waals surface area contributed by atoms with Gasteiger partial charge in [-0.3, -0.25) is 9.59 Å². The predicted octanol–water partition coefficient (Wildman–Crippen LogP) is 1.00. The van der Waals surface area contributed by atoms with E-state index in [1.54, 1.807) is 0 Å². The smallest absolute Gasteiger partial charge is 0.305 e. The molecule has 0 aliphatic rings. The van der Waals surface area contributed by atoms with Crippen LogP contribution >= 0.6 is 11.5 Å². The molecule has 0 saturated heterocycles. The van der Waals surface area contributed by atoms with Gasteiger partial charge in [-0.25, -0.2) is 0 Å². The molecule has 0 aromatic carbocycles. The van der Waals surface area contributed by atoms with Crippen LogP contribution in [0.15, 0.2) is 6.20 Å². The highest BCUT2D eigenvalue weighted by Gasteiger charge is 2.06. The molecule has 0 atom stereocenters. The van der Waals surface area contributed by atoms with Crippen molar-refractivity contribution in [3.8, 4) is 0 Å². The molecule has 6 nitrogen and oxygen atoms in total. The number of carbonyl (C=O) groups is 2. The Morgan fingerprint density at radius 1 is 1.41 bits per heavy atom. The minimum Gasteiger partial charge on any atom is -0.469 e. The van der Waals surface area contributed by atoms with Crippen LogP contribution in [0.25, 0.3) is 0 Å². The molecule has 0 aliphatic carbocycles. The first-order valence-electron chi connectivity index (χ1n) is 5.36. The van der Waals surface area contributed by atoms with Crippen LogP contribution in [0.2, 0.25) is 0 Å². The molecule has 1 aromatic rings. The van der Waals surface area contributed by atoms with E-state index in [0.29, 0.717) is 17.8 Å². The Morgan fingerprint density at radius 2 is 2.24 bits per heavy atom. The number of rotatable bonds is 7. The van der Waals surface area contributed by atoms with Crippen molar-refractivity contribution in [1.82, 2.24) is 14.9 Å². The number of unbranched alkanes of at least 4 members (excludes halogenated alkanes) is 2. The van der Waals surface area contributed by atoms with Gasteiger partial charge in [-0.2, -0.15) is 0 Å². The molecular formula is C10H15N3O3S. The van der Waals surface area contributed by atoms with Gasteiger partial charge in [0.2, 0.25) is 0 Å². The Hall–Kier alpha value is -1.50. The summed E-state index contributed by atoms with van der Waals surface area (Å²) < 4.78 is 8.13. The minimum absolute atomic E-state index is 0.145. The highest BCUT2D eigenvalue weighted by atomic mass is 32.1. The summed E-state index contributed by atoms with van der Waals surface area (Å²) in [7, 11) is 1.38. The molecule has 94 valence electrons. The van der Waals surface area contributed by atoms with E-state index in [4.69, 9.17) is 0 Å². The lowest BCUT2D eigenvalue weighted by Gasteiger charge is -2.02.